The Morgan fingerprint density at radius 3 is 0.767 bits per heavy atom. The van der Waals surface area contributed by atoms with Gasteiger partial charge >= 0.3 is 29.0 Å². The van der Waals surface area contributed by atoms with E-state index in [0.717, 1.165) is 25.7 Å². The van der Waals surface area contributed by atoms with Gasteiger partial charge in [0.1, 0.15) is 0 Å². The van der Waals surface area contributed by atoms with E-state index in [-0.39, 0.29) is 41.5 Å². The number of unbranched alkanes of at least 4 members (excludes halogenated alkanes) is 24. The van der Waals surface area contributed by atoms with Crippen molar-refractivity contribution in [1.29, 1.82) is 0 Å². The Balaban J connectivity index is -0.000000292. The van der Waals surface area contributed by atoms with Crippen LogP contribution < -0.4 is 10.2 Å². The minimum atomic E-state index is -0.935. The number of carbonyl (C=O) groups is 3. The largest absolute Gasteiger partial charge is 2.00 e. The van der Waals surface area contributed by atoms with Gasteiger partial charge in [-0.3, -0.25) is 0 Å². The number of carboxylic acids is 3. The minimum Gasteiger partial charge on any atom is -0.550 e. The summed E-state index contributed by atoms with van der Waals surface area (Å²) in [4.78, 5) is 30.0. The molecule has 0 bridgehead atoms. The molecule has 43 heavy (non-hydrogen) atoms. The normalized spacial score (nSPS) is 10.0. The summed E-state index contributed by atoms with van der Waals surface area (Å²) < 4.78 is 0. The van der Waals surface area contributed by atoms with E-state index in [1.54, 1.807) is 0 Å². The van der Waals surface area contributed by atoms with Crippen LogP contribution in [-0.2, 0) is 14.4 Å². The van der Waals surface area contributed by atoms with Gasteiger partial charge in [0.15, 0.2) is 0 Å². The van der Waals surface area contributed by atoms with Crippen LogP contribution in [0.4, 0.5) is 0 Å². The van der Waals surface area contributed by atoms with Crippen LogP contribution in [0.2, 0.25) is 0 Å². The van der Waals surface area contributed by atoms with Gasteiger partial charge in [-0.2, -0.15) is 0 Å². The number of carboxylic acid groups (broad SMARTS) is 3. The summed E-state index contributed by atoms with van der Waals surface area (Å²) >= 11 is 0. The van der Waals surface area contributed by atoms with E-state index in [9.17, 15) is 24.6 Å². The van der Waals surface area contributed by atoms with Crippen molar-refractivity contribution in [3.05, 3.63) is 12.2 Å². The second-order valence-corrected chi connectivity index (χ2v) is 11.8. The predicted octanol–water partition coefficient (Wildman–Crippen LogP) is 8.70. The van der Waals surface area contributed by atoms with Crippen molar-refractivity contribution in [3.63, 3.8) is 0 Å². The van der Waals surface area contributed by atoms with Crippen molar-refractivity contribution >= 4 is 41.0 Å². The summed E-state index contributed by atoms with van der Waals surface area (Å²) in [5.74, 6) is -2.74. The quantitative estimate of drug-likeness (QED) is 0.0507. The first-order chi connectivity index (χ1) is 20.2. The van der Waals surface area contributed by atoms with Gasteiger partial charge in [-0.25, -0.2) is 4.79 Å². The Hall–Kier alpha value is -1.08. The molecule has 250 valence electrons. The fraction of sp³-hybridized carbons (Fsp3) is 0.861. The first-order valence-electron chi connectivity index (χ1n) is 17.5. The molecule has 0 aliphatic heterocycles. The van der Waals surface area contributed by atoms with Crippen LogP contribution in [0.25, 0.3) is 0 Å². The van der Waals surface area contributed by atoms with Crippen LogP contribution in [0.15, 0.2) is 12.2 Å². The standard InChI is InChI=1S/2C16H32O2.C4H6O2.Mg/c2*1-2-3-4-5-6-7-8-9-10-11-12-13-14-15-16(17)18;1-3(2)4(5)6;/h2*2-15H2,1H3,(H,17,18);1H2,2H3,(H,5,6);/q;;;+2/p-2. The molecule has 0 heterocycles. The summed E-state index contributed by atoms with van der Waals surface area (Å²) in [6.45, 7) is 9.12. The molecule has 0 saturated heterocycles. The van der Waals surface area contributed by atoms with Gasteiger partial charge < -0.3 is 24.9 Å². The van der Waals surface area contributed by atoms with Gasteiger partial charge in [0, 0.05) is 17.5 Å². The molecule has 0 atom stereocenters. The topological polar surface area (TPSA) is 118 Å². The van der Waals surface area contributed by atoms with E-state index in [2.05, 4.69) is 20.4 Å². The maximum Gasteiger partial charge on any atom is 2.00 e. The van der Waals surface area contributed by atoms with Crippen LogP contribution in [0.1, 0.15) is 201 Å². The molecule has 1 N–H and O–H groups in total. The molecule has 0 aromatic carbocycles. The van der Waals surface area contributed by atoms with E-state index in [0.29, 0.717) is 0 Å². The molecule has 0 radical (unpaired) electrons. The second kappa shape index (κ2) is 43.0. The van der Waals surface area contributed by atoms with E-state index >= 15 is 0 Å². The third-order valence-electron chi connectivity index (χ3n) is 7.33. The molecule has 0 unspecified atom stereocenters. The van der Waals surface area contributed by atoms with Crippen LogP contribution in [0.5, 0.6) is 0 Å². The van der Waals surface area contributed by atoms with Gasteiger partial charge in [-0.05, 0) is 32.6 Å². The molecule has 0 aliphatic carbocycles. The minimum absolute atomic E-state index is 0. The average molecular weight is 621 g/mol. The van der Waals surface area contributed by atoms with Crippen molar-refractivity contribution < 1.29 is 29.7 Å². The number of aliphatic carboxylic acids is 3. The number of hydrogen-bond acceptors (Lipinski definition) is 5. The van der Waals surface area contributed by atoms with Crippen LogP contribution in [0, 0.1) is 0 Å². The first kappa shape index (κ1) is 48.8. The zero-order valence-corrected chi connectivity index (χ0v) is 30.1. The Labute approximate surface area is 282 Å². The SMILES string of the molecule is C=C(C)C(=O)O.CCCCCCCCCCCCCCCC(=O)[O-].CCCCCCCCCCCCCCCC(=O)[O-].[Mg+2]. The van der Waals surface area contributed by atoms with Crippen molar-refractivity contribution in [2.24, 2.45) is 0 Å². The van der Waals surface area contributed by atoms with Crippen molar-refractivity contribution in [3.8, 4) is 0 Å². The smallest absolute Gasteiger partial charge is 0.550 e. The molecule has 7 heteroatoms. The molecule has 0 amide bonds. The number of hydrogen-bond donors (Lipinski definition) is 1. The summed E-state index contributed by atoms with van der Waals surface area (Å²) in [5.41, 5.74) is 0.176. The molecule has 0 rings (SSSR count). The summed E-state index contributed by atoms with van der Waals surface area (Å²) in [5, 5.41) is 28.3. The monoisotopic (exact) mass is 620 g/mol. The molecule has 0 aromatic rings. The van der Waals surface area contributed by atoms with Crippen LogP contribution in [0.3, 0.4) is 0 Å². The zero-order chi connectivity index (χ0) is 32.1. The summed E-state index contributed by atoms with van der Waals surface area (Å²) in [7, 11) is 0. The second-order valence-electron chi connectivity index (χ2n) is 11.8. The molecule has 0 spiro atoms. The number of rotatable bonds is 29. The number of carbonyl (C=O) groups excluding carboxylic acids is 2. The van der Waals surface area contributed by atoms with Gasteiger partial charge in [0.05, 0.1) is 0 Å². The molecule has 6 nitrogen and oxygen atoms in total. The fourth-order valence-corrected chi connectivity index (χ4v) is 4.57. The Bertz CT molecular complexity index is 557. The van der Waals surface area contributed by atoms with Crippen LogP contribution >= 0.6 is 0 Å². The van der Waals surface area contributed by atoms with E-state index in [1.807, 2.05) is 0 Å². The van der Waals surface area contributed by atoms with Gasteiger partial charge in [-0.1, -0.05) is 175 Å². The first-order valence-corrected chi connectivity index (χ1v) is 17.5. The molecule has 0 fully saturated rings. The van der Waals surface area contributed by atoms with E-state index in [4.69, 9.17) is 5.11 Å². The van der Waals surface area contributed by atoms with E-state index < -0.39 is 17.9 Å². The molecule has 0 aliphatic rings. The Morgan fingerprint density at radius 1 is 0.465 bits per heavy atom. The van der Waals surface area contributed by atoms with Crippen molar-refractivity contribution in [2.45, 2.75) is 201 Å². The maximum absolute atomic E-state index is 10.2. The van der Waals surface area contributed by atoms with Gasteiger partial charge in [0.2, 0.25) is 0 Å². The van der Waals surface area contributed by atoms with E-state index in [1.165, 1.54) is 148 Å². The third kappa shape index (κ3) is 57.2. The molecule has 0 aromatic heterocycles. The van der Waals surface area contributed by atoms with Crippen molar-refractivity contribution in [2.75, 3.05) is 0 Å². The Kier molecular flexibility index (Phi) is 48.9. The van der Waals surface area contributed by atoms with Crippen LogP contribution in [-0.4, -0.2) is 46.1 Å². The summed E-state index contributed by atoms with van der Waals surface area (Å²) in [6, 6.07) is 0. The summed E-state index contributed by atoms with van der Waals surface area (Å²) in [6.07, 6.45) is 33.9. The third-order valence-corrected chi connectivity index (χ3v) is 7.33. The zero-order valence-electron chi connectivity index (χ0n) is 28.7. The average Bonchev–Trinajstić information content (AvgIpc) is 2.94. The molecular formula is C36H68MgO6. The Morgan fingerprint density at radius 2 is 0.628 bits per heavy atom. The fourth-order valence-electron chi connectivity index (χ4n) is 4.57. The maximum atomic E-state index is 10.2. The predicted molar refractivity (Wildman–Crippen MR) is 179 cm³/mol. The molecular weight excluding hydrogens is 553 g/mol. The van der Waals surface area contributed by atoms with Gasteiger partial charge in [0.25, 0.3) is 0 Å². The van der Waals surface area contributed by atoms with Gasteiger partial charge in [-0.15, -0.1) is 0 Å². The van der Waals surface area contributed by atoms with Crippen molar-refractivity contribution in [1.82, 2.24) is 0 Å². The molecule has 0 saturated carbocycles.